The zero-order chi connectivity index (χ0) is 20.7. The average molecular weight is 399 g/mol. The third kappa shape index (κ3) is 20.9. The summed E-state index contributed by atoms with van der Waals surface area (Å²) in [5.74, 6) is -1.07. The van der Waals surface area contributed by atoms with E-state index in [0.29, 0.717) is 13.2 Å². The third-order valence-electron chi connectivity index (χ3n) is 4.63. The summed E-state index contributed by atoms with van der Waals surface area (Å²) >= 11 is 0. The lowest BCUT2D eigenvalue weighted by molar-refractivity contribution is -0.141. The summed E-state index contributed by atoms with van der Waals surface area (Å²) in [7, 11) is 1.53. The van der Waals surface area contributed by atoms with E-state index in [0.717, 1.165) is 25.0 Å². The van der Waals surface area contributed by atoms with Gasteiger partial charge in [0.15, 0.2) is 0 Å². The number of ether oxygens (including phenoxy) is 3. The lowest BCUT2D eigenvalue weighted by atomic mass is 10.0. The van der Waals surface area contributed by atoms with Crippen LogP contribution >= 0.6 is 0 Å². The maximum Gasteiger partial charge on any atom is 0.331 e. The van der Waals surface area contributed by atoms with Crippen LogP contribution in [0.1, 0.15) is 96.8 Å². The molecule has 0 aromatic heterocycles. The number of hydrogen-bond donors (Lipinski definition) is 0. The molecular formula is C23H42O5. The molecule has 0 saturated carbocycles. The van der Waals surface area contributed by atoms with E-state index >= 15 is 0 Å². The molecule has 0 rings (SSSR count). The van der Waals surface area contributed by atoms with Gasteiger partial charge < -0.3 is 14.2 Å². The van der Waals surface area contributed by atoms with Gasteiger partial charge in [0.25, 0.3) is 0 Å². The maximum atomic E-state index is 11.5. The van der Waals surface area contributed by atoms with Crippen LogP contribution in [0.25, 0.3) is 0 Å². The van der Waals surface area contributed by atoms with Gasteiger partial charge in [0.1, 0.15) is 6.61 Å². The number of methoxy groups -OCH3 is 1. The SMILES string of the molecule is CCCCCCCCCCCCCCCCOC(=O)/C=C/C(=O)OCCOC. The van der Waals surface area contributed by atoms with Gasteiger partial charge in [0.2, 0.25) is 0 Å². The van der Waals surface area contributed by atoms with Gasteiger partial charge in [-0.1, -0.05) is 90.4 Å². The number of carbonyl (C=O) groups is 2. The summed E-state index contributed by atoms with van der Waals surface area (Å²) < 4.78 is 14.6. The Hall–Kier alpha value is -1.36. The number of esters is 2. The van der Waals surface area contributed by atoms with Crippen molar-refractivity contribution in [2.24, 2.45) is 0 Å². The van der Waals surface area contributed by atoms with Gasteiger partial charge >= 0.3 is 11.9 Å². The van der Waals surface area contributed by atoms with Gasteiger partial charge in [-0.15, -0.1) is 0 Å². The third-order valence-corrected chi connectivity index (χ3v) is 4.63. The second-order valence-electron chi connectivity index (χ2n) is 7.26. The highest BCUT2D eigenvalue weighted by Crippen LogP contribution is 2.12. The minimum absolute atomic E-state index is 0.174. The fraction of sp³-hybridized carbons (Fsp3) is 0.826. The van der Waals surface area contributed by atoms with Crippen molar-refractivity contribution in [1.29, 1.82) is 0 Å². The molecule has 0 N–H and O–H groups in total. The van der Waals surface area contributed by atoms with Gasteiger partial charge in [-0.05, 0) is 6.42 Å². The molecule has 5 nitrogen and oxygen atoms in total. The molecule has 0 atom stereocenters. The van der Waals surface area contributed by atoms with Crippen molar-refractivity contribution in [3.8, 4) is 0 Å². The minimum atomic E-state index is -0.564. The van der Waals surface area contributed by atoms with Crippen molar-refractivity contribution >= 4 is 11.9 Å². The van der Waals surface area contributed by atoms with E-state index in [4.69, 9.17) is 14.2 Å². The van der Waals surface area contributed by atoms with E-state index in [-0.39, 0.29) is 6.61 Å². The number of carbonyl (C=O) groups excluding carboxylic acids is 2. The van der Waals surface area contributed by atoms with Crippen LogP contribution in [0.5, 0.6) is 0 Å². The zero-order valence-electron chi connectivity index (χ0n) is 18.2. The second-order valence-corrected chi connectivity index (χ2v) is 7.26. The summed E-state index contributed by atoms with van der Waals surface area (Å²) in [6.07, 6.45) is 20.3. The van der Waals surface area contributed by atoms with Crippen molar-refractivity contribution in [3.63, 3.8) is 0 Å². The van der Waals surface area contributed by atoms with Gasteiger partial charge in [0, 0.05) is 19.3 Å². The molecule has 28 heavy (non-hydrogen) atoms. The monoisotopic (exact) mass is 398 g/mol. The summed E-state index contributed by atoms with van der Waals surface area (Å²) in [6, 6.07) is 0. The van der Waals surface area contributed by atoms with Crippen LogP contribution < -0.4 is 0 Å². The van der Waals surface area contributed by atoms with Crippen LogP contribution in [0, 0.1) is 0 Å². The Morgan fingerprint density at radius 2 is 0.964 bits per heavy atom. The van der Waals surface area contributed by atoms with E-state index in [1.807, 2.05) is 0 Å². The van der Waals surface area contributed by atoms with Gasteiger partial charge in [-0.25, -0.2) is 9.59 Å². The highest BCUT2D eigenvalue weighted by molar-refractivity contribution is 5.91. The first-order chi connectivity index (χ1) is 13.7. The molecule has 0 aliphatic carbocycles. The topological polar surface area (TPSA) is 61.8 Å². The van der Waals surface area contributed by atoms with Crippen molar-refractivity contribution in [2.75, 3.05) is 26.9 Å². The molecule has 0 spiro atoms. The summed E-state index contributed by atoms with van der Waals surface area (Å²) in [5, 5.41) is 0. The maximum absolute atomic E-state index is 11.5. The number of unbranched alkanes of at least 4 members (excludes halogenated alkanes) is 13. The molecular weight excluding hydrogens is 356 g/mol. The molecule has 0 fully saturated rings. The molecule has 0 aromatic carbocycles. The van der Waals surface area contributed by atoms with Crippen molar-refractivity contribution in [3.05, 3.63) is 12.2 Å². The van der Waals surface area contributed by atoms with Crippen LogP contribution in [0.2, 0.25) is 0 Å². The highest BCUT2D eigenvalue weighted by atomic mass is 16.6. The smallest absolute Gasteiger partial charge is 0.331 e. The van der Waals surface area contributed by atoms with Crippen LogP contribution in [-0.4, -0.2) is 38.9 Å². The molecule has 164 valence electrons. The lowest BCUT2D eigenvalue weighted by Crippen LogP contribution is -2.08. The summed E-state index contributed by atoms with van der Waals surface area (Å²) in [6.45, 7) is 3.17. The predicted molar refractivity (Wildman–Crippen MR) is 113 cm³/mol. The Kier molecular flexibility index (Phi) is 20.9. The Bertz CT molecular complexity index is 392. The van der Waals surface area contributed by atoms with E-state index in [1.165, 1.54) is 84.2 Å². The minimum Gasteiger partial charge on any atom is -0.463 e. The predicted octanol–water partition coefficient (Wildman–Crippen LogP) is 5.76. The molecule has 0 aliphatic heterocycles. The van der Waals surface area contributed by atoms with Gasteiger partial charge in [-0.3, -0.25) is 0 Å². The Morgan fingerprint density at radius 3 is 1.39 bits per heavy atom. The molecule has 0 radical (unpaired) electrons. The second kappa shape index (κ2) is 21.9. The lowest BCUT2D eigenvalue weighted by Gasteiger charge is -2.04. The Labute approximate surface area is 172 Å². The summed E-state index contributed by atoms with van der Waals surface area (Å²) in [5.41, 5.74) is 0. The Balaban J connectivity index is 3.30. The molecule has 0 unspecified atom stereocenters. The fourth-order valence-corrected chi connectivity index (χ4v) is 2.93. The molecule has 0 bridgehead atoms. The summed E-state index contributed by atoms with van der Waals surface area (Å²) in [4.78, 5) is 22.7. The standard InChI is InChI=1S/C23H42O5/c1-3-4-5-6-7-8-9-10-11-12-13-14-15-16-19-27-22(24)17-18-23(25)28-21-20-26-2/h17-18H,3-16,19-21H2,1-2H3/b18-17+. The van der Waals surface area contributed by atoms with Crippen LogP contribution in [0.4, 0.5) is 0 Å². The van der Waals surface area contributed by atoms with Crippen LogP contribution in [0.15, 0.2) is 12.2 Å². The molecule has 0 heterocycles. The van der Waals surface area contributed by atoms with E-state index in [1.54, 1.807) is 0 Å². The fourth-order valence-electron chi connectivity index (χ4n) is 2.93. The number of rotatable bonds is 20. The first kappa shape index (κ1) is 26.6. The largest absolute Gasteiger partial charge is 0.463 e. The first-order valence-electron chi connectivity index (χ1n) is 11.2. The van der Waals surface area contributed by atoms with Crippen molar-refractivity contribution < 1.29 is 23.8 Å². The highest BCUT2D eigenvalue weighted by Gasteiger charge is 2.01. The molecule has 0 aromatic rings. The molecule has 0 aliphatic rings. The molecule has 5 heteroatoms. The van der Waals surface area contributed by atoms with E-state index in [9.17, 15) is 9.59 Å². The first-order valence-corrected chi connectivity index (χ1v) is 11.2. The van der Waals surface area contributed by atoms with Crippen molar-refractivity contribution in [1.82, 2.24) is 0 Å². The Morgan fingerprint density at radius 1 is 0.571 bits per heavy atom. The van der Waals surface area contributed by atoms with Crippen LogP contribution in [0.3, 0.4) is 0 Å². The normalized spacial score (nSPS) is 11.1. The van der Waals surface area contributed by atoms with E-state index in [2.05, 4.69) is 6.92 Å². The van der Waals surface area contributed by atoms with Crippen LogP contribution in [-0.2, 0) is 23.8 Å². The molecule has 0 amide bonds. The quantitative estimate of drug-likeness (QED) is 0.148. The zero-order valence-corrected chi connectivity index (χ0v) is 18.2. The van der Waals surface area contributed by atoms with Gasteiger partial charge in [0.05, 0.1) is 13.2 Å². The molecule has 0 saturated heterocycles. The van der Waals surface area contributed by atoms with E-state index < -0.39 is 11.9 Å². The average Bonchev–Trinajstić information content (AvgIpc) is 2.69. The number of hydrogen-bond acceptors (Lipinski definition) is 5. The van der Waals surface area contributed by atoms with Gasteiger partial charge in [-0.2, -0.15) is 0 Å². The van der Waals surface area contributed by atoms with Crippen molar-refractivity contribution in [2.45, 2.75) is 96.8 Å².